The van der Waals surface area contributed by atoms with Crippen molar-refractivity contribution in [1.29, 1.82) is 0 Å². The summed E-state index contributed by atoms with van der Waals surface area (Å²) in [6.07, 6.45) is 1.54. The number of fused-ring (bicyclic) bond motifs is 1. The van der Waals surface area contributed by atoms with Gasteiger partial charge in [0.2, 0.25) is 11.8 Å². The fourth-order valence-electron chi connectivity index (χ4n) is 3.62. The predicted molar refractivity (Wildman–Crippen MR) is 98.6 cm³/mol. The zero-order valence-electron chi connectivity index (χ0n) is 14.6. The van der Waals surface area contributed by atoms with Crippen molar-refractivity contribution in [3.63, 3.8) is 0 Å². The van der Waals surface area contributed by atoms with Crippen molar-refractivity contribution in [1.82, 2.24) is 0 Å². The average molecular weight is 334 g/mol. The molecule has 1 N–H and O–H groups in total. The van der Waals surface area contributed by atoms with E-state index in [0.717, 1.165) is 35.5 Å². The number of hydrogen-bond donors (Lipinski definition) is 1. The van der Waals surface area contributed by atoms with E-state index in [1.165, 1.54) is 5.56 Å². The summed E-state index contributed by atoms with van der Waals surface area (Å²) >= 11 is 0. The summed E-state index contributed by atoms with van der Waals surface area (Å²) in [6, 6.07) is 14.0. The van der Waals surface area contributed by atoms with Gasteiger partial charge in [0.05, 0.1) is 11.8 Å². The molecule has 0 spiro atoms. The zero-order chi connectivity index (χ0) is 17.6. The van der Waals surface area contributed by atoms with Gasteiger partial charge in [-0.15, -0.1) is 0 Å². The van der Waals surface area contributed by atoms with E-state index in [-0.39, 0.29) is 23.7 Å². The first kappa shape index (κ1) is 15.9. The maximum absolute atomic E-state index is 12.8. The van der Waals surface area contributed by atoms with Gasteiger partial charge in [0, 0.05) is 17.9 Å². The number of carbonyl (C=O) groups excluding carboxylic acids is 2. The molecule has 1 fully saturated rings. The van der Waals surface area contributed by atoms with Crippen LogP contribution in [-0.2, 0) is 16.0 Å². The maximum Gasteiger partial charge on any atom is 0.230 e. The summed E-state index contributed by atoms with van der Waals surface area (Å²) in [7, 11) is 0. The molecule has 4 heteroatoms. The maximum atomic E-state index is 12.8. The lowest BCUT2D eigenvalue weighted by atomic mass is 10.1. The van der Waals surface area contributed by atoms with Crippen LogP contribution in [0.4, 0.5) is 11.4 Å². The molecular weight excluding hydrogens is 312 g/mol. The normalized spacial score (nSPS) is 21.0. The number of benzene rings is 2. The van der Waals surface area contributed by atoms with Gasteiger partial charge in [-0.05, 0) is 55.5 Å². The van der Waals surface area contributed by atoms with Gasteiger partial charge in [-0.1, -0.05) is 30.3 Å². The van der Waals surface area contributed by atoms with Crippen LogP contribution in [-0.4, -0.2) is 18.4 Å². The Kier molecular flexibility index (Phi) is 3.83. The Hall–Kier alpha value is -2.62. The quantitative estimate of drug-likeness (QED) is 0.934. The van der Waals surface area contributed by atoms with Crippen LogP contribution < -0.4 is 10.2 Å². The van der Waals surface area contributed by atoms with Gasteiger partial charge in [-0.25, -0.2) is 0 Å². The molecule has 4 rings (SSSR count). The summed E-state index contributed by atoms with van der Waals surface area (Å²) in [5, 5.41) is 3.00. The highest BCUT2D eigenvalue weighted by Crippen LogP contribution is 2.43. The Morgan fingerprint density at radius 2 is 1.88 bits per heavy atom. The van der Waals surface area contributed by atoms with Crippen LogP contribution in [0.5, 0.6) is 0 Å². The summed E-state index contributed by atoms with van der Waals surface area (Å²) in [4.78, 5) is 27.2. The summed E-state index contributed by atoms with van der Waals surface area (Å²) in [5.74, 6) is -0.345. The Morgan fingerprint density at radius 1 is 1.08 bits per heavy atom. The molecule has 2 atom stereocenters. The molecule has 0 saturated heterocycles. The molecule has 0 bridgehead atoms. The molecule has 25 heavy (non-hydrogen) atoms. The second-order valence-electron chi connectivity index (χ2n) is 7.12. The van der Waals surface area contributed by atoms with Crippen LogP contribution >= 0.6 is 0 Å². The highest BCUT2D eigenvalue weighted by atomic mass is 16.2. The molecule has 2 aliphatic rings. The van der Waals surface area contributed by atoms with Crippen LogP contribution in [0.3, 0.4) is 0 Å². The lowest BCUT2D eigenvalue weighted by molar-refractivity contribution is -0.123. The third kappa shape index (κ3) is 2.93. The van der Waals surface area contributed by atoms with E-state index in [9.17, 15) is 9.59 Å². The second kappa shape index (κ2) is 6.03. The fraction of sp³-hybridized carbons (Fsp3) is 0.333. The minimum absolute atomic E-state index is 0.0421. The molecule has 1 aliphatic heterocycles. The van der Waals surface area contributed by atoms with Gasteiger partial charge in [0.1, 0.15) is 0 Å². The number of amides is 2. The molecule has 2 unspecified atom stereocenters. The van der Waals surface area contributed by atoms with Gasteiger partial charge >= 0.3 is 0 Å². The Bertz CT molecular complexity index is 859. The van der Waals surface area contributed by atoms with Gasteiger partial charge in [0.15, 0.2) is 0 Å². The predicted octanol–water partition coefficient (Wildman–Crippen LogP) is 3.47. The van der Waals surface area contributed by atoms with E-state index in [1.807, 2.05) is 55.1 Å². The minimum Gasteiger partial charge on any atom is -0.326 e. The van der Waals surface area contributed by atoms with E-state index in [4.69, 9.17) is 0 Å². The molecule has 1 heterocycles. The smallest absolute Gasteiger partial charge is 0.230 e. The van der Waals surface area contributed by atoms with Gasteiger partial charge in [-0.2, -0.15) is 0 Å². The summed E-state index contributed by atoms with van der Waals surface area (Å²) in [6.45, 7) is 4.70. The number of para-hydroxylation sites is 1. The first-order chi connectivity index (χ1) is 12.0. The number of anilines is 2. The number of rotatable bonds is 3. The molecule has 1 aliphatic carbocycles. The number of nitrogens with one attached hydrogen (secondary N) is 1. The molecule has 4 nitrogen and oxygen atoms in total. The van der Waals surface area contributed by atoms with Crippen molar-refractivity contribution in [2.45, 2.75) is 26.7 Å². The largest absolute Gasteiger partial charge is 0.326 e. The Balaban J connectivity index is 1.43. The van der Waals surface area contributed by atoms with Gasteiger partial charge in [-0.3, -0.25) is 9.59 Å². The van der Waals surface area contributed by atoms with E-state index in [2.05, 4.69) is 11.4 Å². The number of aryl methyl sites for hydroxylation is 2. The second-order valence-corrected chi connectivity index (χ2v) is 7.12. The van der Waals surface area contributed by atoms with E-state index in [1.54, 1.807) is 0 Å². The highest BCUT2D eigenvalue weighted by Gasteiger charge is 2.50. The molecule has 0 aromatic heterocycles. The molecular formula is C21H22N2O2. The standard InChI is InChI=1S/C21H22N2O2/c1-13-7-8-14(2)18(11-13)22-20(24)16-12-17(16)21(25)23-10-9-15-5-3-4-6-19(15)23/h3-8,11,16-17H,9-10,12H2,1-2H3,(H,22,24). The Morgan fingerprint density at radius 3 is 2.72 bits per heavy atom. The highest BCUT2D eigenvalue weighted by molar-refractivity contribution is 6.05. The topological polar surface area (TPSA) is 49.4 Å². The molecule has 0 radical (unpaired) electrons. The lowest BCUT2D eigenvalue weighted by Crippen LogP contribution is -2.32. The van der Waals surface area contributed by atoms with Crippen LogP contribution in [0.1, 0.15) is 23.1 Å². The lowest BCUT2D eigenvalue weighted by Gasteiger charge is -2.17. The SMILES string of the molecule is Cc1ccc(C)c(NC(=O)C2CC2C(=O)N2CCc3ccccc32)c1. The molecule has 2 aromatic rings. The van der Waals surface area contributed by atoms with Crippen molar-refractivity contribution >= 4 is 23.2 Å². The van der Waals surface area contributed by atoms with Crippen LogP contribution in [0, 0.1) is 25.7 Å². The van der Waals surface area contributed by atoms with Crippen molar-refractivity contribution in [2.24, 2.45) is 11.8 Å². The van der Waals surface area contributed by atoms with Crippen molar-refractivity contribution < 1.29 is 9.59 Å². The van der Waals surface area contributed by atoms with Crippen molar-refractivity contribution in [3.05, 3.63) is 59.2 Å². The summed E-state index contributed by atoms with van der Waals surface area (Å²) < 4.78 is 0. The monoisotopic (exact) mass is 334 g/mol. The number of carbonyl (C=O) groups is 2. The van der Waals surface area contributed by atoms with E-state index < -0.39 is 0 Å². The van der Waals surface area contributed by atoms with Gasteiger partial charge in [0.25, 0.3) is 0 Å². The molecule has 128 valence electrons. The van der Waals surface area contributed by atoms with Crippen LogP contribution in [0.2, 0.25) is 0 Å². The Labute approximate surface area is 147 Å². The van der Waals surface area contributed by atoms with E-state index >= 15 is 0 Å². The van der Waals surface area contributed by atoms with Crippen LogP contribution in [0.15, 0.2) is 42.5 Å². The first-order valence-corrected chi connectivity index (χ1v) is 8.82. The fourth-order valence-corrected chi connectivity index (χ4v) is 3.62. The van der Waals surface area contributed by atoms with Crippen LogP contribution in [0.25, 0.3) is 0 Å². The average Bonchev–Trinajstić information content (AvgIpc) is 3.30. The molecule has 2 aromatic carbocycles. The molecule has 1 saturated carbocycles. The number of hydrogen-bond acceptors (Lipinski definition) is 2. The third-order valence-electron chi connectivity index (χ3n) is 5.25. The minimum atomic E-state index is -0.208. The summed E-state index contributed by atoms with van der Waals surface area (Å²) in [5.41, 5.74) is 5.21. The van der Waals surface area contributed by atoms with E-state index in [0.29, 0.717) is 6.42 Å². The number of nitrogens with zero attached hydrogens (tertiary/aromatic N) is 1. The van der Waals surface area contributed by atoms with Crippen molar-refractivity contribution in [2.75, 3.05) is 16.8 Å². The third-order valence-corrected chi connectivity index (χ3v) is 5.25. The van der Waals surface area contributed by atoms with Gasteiger partial charge < -0.3 is 10.2 Å². The van der Waals surface area contributed by atoms with Crippen molar-refractivity contribution in [3.8, 4) is 0 Å². The zero-order valence-corrected chi connectivity index (χ0v) is 14.6. The molecule has 2 amide bonds. The first-order valence-electron chi connectivity index (χ1n) is 8.82.